The van der Waals surface area contributed by atoms with Gasteiger partial charge in [0.25, 0.3) is 5.91 Å². The van der Waals surface area contributed by atoms with Gasteiger partial charge in [0, 0.05) is 24.5 Å². The molecule has 0 unspecified atom stereocenters. The second-order valence-corrected chi connectivity index (χ2v) is 4.35. The molecule has 0 fully saturated rings. The number of aromatic nitrogens is 1. The molecule has 0 bridgehead atoms. The van der Waals surface area contributed by atoms with Crippen LogP contribution in [0, 0.1) is 0 Å². The van der Waals surface area contributed by atoms with Gasteiger partial charge < -0.3 is 10.6 Å². The number of amides is 1. The topological polar surface area (TPSA) is 59.2 Å². The molecule has 0 aliphatic rings. The van der Waals surface area contributed by atoms with Crippen LogP contribution in [0.1, 0.15) is 22.8 Å². The van der Waals surface area contributed by atoms with Gasteiger partial charge in [-0.2, -0.15) is 0 Å². The molecule has 0 saturated heterocycles. The zero-order valence-corrected chi connectivity index (χ0v) is 11.1. The van der Waals surface area contributed by atoms with Crippen molar-refractivity contribution in [3.63, 3.8) is 0 Å². The van der Waals surface area contributed by atoms with Crippen molar-refractivity contribution in [2.45, 2.75) is 13.3 Å². The standard InChI is InChI=1S/C15H17N3O/c1-3-11-4-6-13(7-5-11)18(2)15(19)12-8-9-17-14(16)10-12/h4-10H,3H2,1-2H3,(H2,16,17). The number of nitrogen functional groups attached to an aromatic ring is 1. The molecule has 1 amide bonds. The zero-order chi connectivity index (χ0) is 13.8. The van der Waals surface area contributed by atoms with Gasteiger partial charge in [0.2, 0.25) is 0 Å². The molecular formula is C15H17N3O. The highest BCUT2D eigenvalue weighted by Crippen LogP contribution is 2.17. The van der Waals surface area contributed by atoms with Gasteiger partial charge >= 0.3 is 0 Å². The van der Waals surface area contributed by atoms with Crippen LogP contribution in [0.2, 0.25) is 0 Å². The Morgan fingerprint density at radius 3 is 2.53 bits per heavy atom. The molecule has 0 aliphatic heterocycles. The minimum absolute atomic E-state index is 0.0988. The number of nitrogens with zero attached hydrogens (tertiary/aromatic N) is 2. The van der Waals surface area contributed by atoms with Gasteiger partial charge in [-0.15, -0.1) is 0 Å². The van der Waals surface area contributed by atoms with E-state index in [2.05, 4.69) is 11.9 Å². The molecule has 0 radical (unpaired) electrons. The van der Waals surface area contributed by atoms with E-state index >= 15 is 0 Å². The number of aryl methyl sites for hydroxylation is 1. The summed E-state index contributed by atoms with van der Waals surface area (Å²) in [7, 11) is 1.75. The Morgan fingerprint density at radius 2 is 1.95 bits per heavy atom. The Kier molecular flexibility index (Phi) is 3.80. The van der Waals surface area contributed by atoms with Crippen LogP contribution in [0.3, 0.4) is 0 Å². The Balaban J connectivity index is 2.23. The highest BCUT2D eigenvalue weighted by atomic mass is 16.2. The van der Waals surface area contributed by atoms with E-state index in [4.69, 9.17) is 5.73 Å². The molecule has 1 aromatic heterocycles. The third-order valence-corrected chi connectivity index (χ3v) is 3.06. The normalized spacial score (nSPS) is 10.2. The smallest absolute Gasteiger partial charge is 0.258 e. The Bertz CT molecular complexity index is 578. The van der Waals surface area contributed by atoms with Gasteiger partial charge in [0.15, 0.2) is 0 Å². The molecule has 0 saturated carbocycles. The summed E-state index contributed by atoms with van der Waals surface area (Å²) in [6.45, 7) is 2.10. The van der Waals surface area contributed by atoms with Crippen molar-refractivity contribution >= 4 is 17.4 Å². The van der Waals surface area contributed by atoms with Crippen LogP contribution in [-0.2, 0) is 6.42 Å². The van der Waals surface area contributed by atoms with Gasteiger partial charge in [-0.05, 0) is 36.2 Å². The van der Waals surface area contributed by atoms with Crippen LogP contribution in [-0.4, -0.2) is 17.9 Å². The summed E-state index contributed by atoms with van der Waals surface area (Å²) in [5.74, 6) is 0.249. The van der Waals surface area contributed by atoms with Gasteiger partial charge in [0.1, 0.15) is 5.82 Å². The molecule has 2 aromatic rings. The Hall–Kier alpha value is -2.36. The second kappa shape index (κ2) is 5.52. The molecule has 0 spiro atoms. The predicted octanol–water partition coefficient (Wildman–Crippen LogP) is 2.50. The first-order valence-corrected chi connectivity index (χ1v) is 6.20. The summed E-state index contributed by atoms with van der Waals surface area (Å²) in [6, 6.07) is 11.2. The lowest BCUT2D eigenvalue weighted by atomic mass is 10.1. The van der Waals surface area contributed by atoms with Gasteiger partial charge in [-0.1, -0.05) is 19.1 Å². The Morgan fingerprint density at radius 1 is 1.26 bits per heavy atom. The molecule has 4 nitrogen and oxygen atoms in total. The summed E-state index contributed by atoms with van der Waals surface area (Å²) in [6.07, 6.45) is 2.52. The van der Waals surface area contributed by atoms with Gasteiger partial charge in [-0.3, -0.25) is 4.79 Å². The van der Waals surface area contributed by atoms with Crippen LogP contribution >= 0.6 is 0 Å². The van der Waals surface area contributed by atoms with Crippen molar-refractivity contribution in [1.29, 1.82) is 0 Å². The number of hydrogen-bond donors (Lipinski definition) is 1. The fourth-order valence-electron chi connectivity index (χ4n) is 1.85. The van der Waals surface area contributed by atoms with Crippen molar-refractivity contribution in [2.75, 3.05) is 17.7 Å². The average Bonchev–Trinajstić information content (AvgIpc) is 2.46. The molecule has 2 rings (SSSR count). The predicted molar refractivity (Wildman–Crippen MR) is 77.2 cm³/mol. The fourth-order valence-corrected chi connectivity index (χ4v) is 1.85. The van der Waals surface area contributed by atoms with E-state index in [1.807, 2.05) is 24.3 Å². The quantitative estimate of drug-likeness (QED) is 0.916. The second-order valence-electron chi connectivity index (χ2n) is 4.35. The minimum Gasteiger partial charge on any atom is -0.384 e. The number of rotatable bonds is 3. The minimum atomic E-state index is -0.0988. The number of pyridine rings is 1. The molecule has 0 aliphatic carbocycles. The van der Waals surface area contributed by atoms with Crippen molar-refractivity contribution in [3.05, 3.63) is 53.7 Å². The summed E-state index contributed by atoms with van der Waals surface area (Å²) >= 11 is 0. The van der Waals surface area contributed by atoms with Crippen molar-refractivity contribution in [2.24, 2.45) is 0 Å². The van der Waals surface area contributed by atoms with Crippen LogP contribution in [0.25, 0.3) is 0 Å². The summed E-state index contributed by atoms with van der Waals surface area (Å²) in [4.78, 5) is 17.8. The summed E-state index contributed by atoms with van der Waals surface area (Å²) in [5, 5.41) is 0. The third-order valence-electron chi connectivity index (χ3n) is 3.06. The van der Waals surface area contributed by atoms with Crippen molar-refractivity contribution in [3.8, 4) is 0 Å². The van der Waals surface area contributed by atoms with Crippen molar-refractivity contribution < 1.29 is 4.79 Å². The molecular weight excluding hydrogens is 238 g/mol. The highest BCUT2D eigenvalue weighted by molar-refractivity contribution is 6.06. The molecule has 4 heteroatoms. The Labute approximate surface area is 112 Å². The number of anilines is 2. The highest BCUT2D eigenvalue weighted by Gasteiger charge is 2.13. The SMILES string of the molecule is CCc1ccc(N(C)C(=O)c2ccnc(N)c2)cc1. The van der Waals surface area contributed by atoms with E-state index in [0.29, 0.717) is 11.4 Å². The summed E-state index contributed by atoms with van der Waals surface area (Å²) < 4.78 is 0. The number of hydrogen-bond acceptors (Lipinski definition) is 3. The van der Waals surface area contributed by atoms with Gasteiger partial charge in [-0.25, -0.2) is 4.98 Å². The first-order chi connectivity index (χ1) is 9.11. The lowest BCUT2D eigenvalue weighted by molar-refractivity contribution is 0.0993. The third kappa shape index (κ3) is 2.91. The molecule has 1 heterocycles. The maximum absolute atomic E-state index is 12.3. The average molecular weight is 255 g/mol. The van der Waals surface area contributed by atoms with E-state index in [0.717, 1.165) is 12.1 Å². The number of carbonyl (C=O) groups excluding carboxylic acids is 1. The molecule has 98 valence electrons. The van der Waals surface area contributed by atoms with E-state index in [9.17, 15) is 4.79 Å². The maximum Gasteiger partial charge on any atom is 0.258 e. The largest absolute Gasteiger partial charge is 0.384 e. The van der Waals surface area contributed by atoms with E-state index in [1.54, 1.807) is 24.1 Å². The van der Waals surface area contributed by atoms with E-state index in [-0.39, 0.29) is 5.91 Å². The van der Waals surface area contributed by atoms with Crippen LogP contribution < -0.4 is 10.6 Å². The van der Waals surface area contributed by atoms with Crippen molar-refractivity contribution in [1.82, 2.24) is 4.98 Å². The van der Waals surface area contributed by atoms with E-state index in [1.165, 1.54) is 11.8 Å². The van der Waals surface area contributed by atoms with Crippen LogP contribution in [0.5, 0.6) is 0 Å². The zero-order valence-electron chi connectivity index (χ0n) is 11.1. The lowest BCUT2D eigenvalue weighted by Gasteiger charge is -2.17. The van der Waals surface area contributed by atoms with Gasteiger partial charge in [0.05, 0.1) is 0 Å². The fraction of sp³-hybridized carbons (Fsp3) is 0.200. The monoisotopic (exact) mass is 255 g/mol. The maximum atomic E-state index is 12.3. The number of nitrogens with two attached hydrogens (primary N) is 1. The number of carbonyl (C=O) groups is 1. The molecule has 1 aromatic carbocycles. The molecule has 0 atom stereocenters. The van der Waals surface area contributed by atoms with Crippen LogP contribution in [0.4, 0.5) is 11.5 Å². The lowest BCUT2D eigenvalue weighted by Crippen LogP contribution is -2.26. The first-order valence-electron chi connectivity index (χ1n) is 6.20. The first kappa shape index (κ1) is 13.1. The molecule has 19 heavy (non-hydrogen) atoms. The summed E-state index contributed by atoms with van der Waals surface area (Å²) in [5.41, 5.74) is 8.23. The van der Waals surface area contributed by atoms with Crippen LogP contribution in [0.15, 0.2) is 42.6 Å². The van der Waals surface area contributed by atoms with E-state index < -0.39 is 0 Å². The molecule has 2 N–H and O–H groups in total. The number of benzene rings is 1.